The first-order valence-corrected chi connectivity index (χ1v) is 8.30. The van der Waals surface area contributed by atoms with Gasteiger partial charge < -0.3 is 15.4 Å². The van der Waals surface area contributed by atoms with E-state index in [1.807, 2.05) is 45.0 Å². The van der Waals surface area contributed by atoms with Gasteiger partial charge in [0.1, 0.15) is 5.75 Å². The highest BCUT2D eigenvalue weighted by Crippen LogP contribution is 2.17. The Morgan fingerprint density at radius 1 is 0.880 bits per heavy atom. The van der Waals surface area contributed by atoms with E-state index in [0.717, 1.165) is 5.56 Å². The Kier molecular flexibility index (Phi) is 6.17. The molecule has 0 aromatic heterocycles. The third kappa shape index (κ3) is 5.64. The Hall–Kier alpha value is -2.82. The third-order valence-electron chi connectivity index (χ3n) is 3.62. The summed E-state index contributed by atoms with van der Waals surface area (Å²) in [6, 6.07) is 14.6. The highest BCUT2D eigenvalue weighted by atomic mass is 16.5. The van der Waals surface area contributed by atoms with E-state index in [1.54, 1.807) is 31.2 Å². The van der Waals surface area contributed by atoms with E-state index in [4.69, 9.17) is 4.74 Å². The topological polar surface area (TPSA) is 67.4 Å². The van der Waals surface area contributed by atoms with Gasteiger partial charge in [0.15, 0.2) is 6.10 Å². The first-order valence-electron chi connectivity index (χ1n) is 8.30. The van der Waals surface area contributed by atoms with Crippen LogP contribution in [0.1, 0.15) is 26.3 Å². The van der Waals surface area contributed by atoms with E-state index >= 15 is 0 Å². The van der Waals surface area contributed by atoms with E-state index in [2.05, 4.69) is 10.6 Å². The van der Waals surface area contributed by atoms with E-state index in [9.17, 15) is 9.59 Å². The molecule has 2 N–H and O–H groups in total. The second-order valence-corrected chi connectivity index (χ2v) is 6.29. The summed E-state index contributed by atoms with van der Waals surface area (Å²) in [5, 5.41) is 5.61. The number of carbonyl (C=O) groups excluding carboxylic acids is 2. The van der Waals surface area contributed by atoms with Crippen molar-refractivity contribution in [3.8, 4) is 5.75 Å². The Bertz CT molecular complexity index is 739. The molecule has 2 amide bonds. The summed E-state index contributed by atoms with van der Waals surface area (Å²) < 4.78 is 5.66. The molecule has 5 heteroatoms. The van der Waals surface area contributed by atoms with Crippen molar-refractivity contribution in [1.82, 2.24) is 0 Å². The second-order valence-electron chi connectivity index (χ2n) is 6.29. The minimum Gasteiger partial charge on any atom is -0.481 e. The van der Waals surface area contributed by atoms with Gasteiger partial charge in [0.25, 0.3) is 5.91 Å². The summed E-state index contributed by atoms with van der Waals surface area (Å²) in [5.74, 6) is 0.297. The summed E-state index contributed by atoms with van der Waals surface area (Å²) in [5.41, 5.74) is 2.41. The third-order valence-corrected chi connectivity index (χ3v) is 3.62. The number of ether oxygens (including phenoxy) is 1. The van der Waals surface area contributed by atoms with Gasteiger partial charge in [-0.1, -0.05) is 26.0 Å². The van der Waals surface area contributed by atoms with Gasteiger partial charge >= 0.3 is 0 Å². The fourth-order valence-electron chi connectivity index (χ4n) is 2.11. The molecule has 0 aliphatic heterocycles. The van der Waals surface area contributed by atoms with Crippen LogP contribution < -0.4 is 15.4 Å². The number of rotatable bonds is 6. The van der Waals surface area contributed by atoms with Crippen LogP contribution in [0.5, 0.6) is 5.75 Å². The molecule has 0 aliphatic rings. The summed E-state index contributed by atoms with van der Waals surface area (Å²) in [7, 11) is 0. The maximum atomic E-state index is 12.2. The fourth-order valence-corrected chi connectivity index (χ4v) is 2.11. The molecule has 0 fully saturated rings. The lowest BCUT2D eigenvalue weighted by Gasteiger charge is -2.15. The molecule has 0 spiro atoms. The summed E-state index contributed by atoms with van der Waals surface area (Å²) >= 11 is 0. The lowest BCUT2D eigenvalue weighted by atomic mass is 10.2. The van der Waals surface area contributed by atoms with Gasteiger partial charge in [-0.2, -0.15) is 0 Å². The average molecular weight is 340 g/mol. The molecule has 2 aromatic carbocycles. The van der Waals surface area contributed by atoms with Crippen LogP contribution in [0.3, 0.4) is 0 Å². The van der Waals surface area contributed by atoms with Crippen molar-refractivity contribution in [2.45, 2.75) is 33.8 Å². The Labute approximate surface area is 148 Å². The van der Waals surface area contributed by atoms with Crippen molar-refractivity contribution >= 4 is 23.2 Å². The molecule has 0 bridgehead atoms. The summed E-state index contributed by atoms with van der Waals surface area (Å²) in [6.45, 7) is 7.34. The van der Waals surface area contributed by atoms with Crippen LogP contribution in [0.15, 0.2) is 48.5 Å². The monoisotopic (exact) mass is 340 g/mol. The second kappa shape index (κ2) is 8.33. The molecule has 132 valence electrons. The van der Waals surface area contributed by atoms with Gasteiger partial charge in [-0.3, -0.25) is 9.59 Å². The zero-order valence-electron chi connectivity index (χ0n) is 15.0. The molecule has 1 atom stereocenters. The zero-order chi connectivity index (χ0) is 18.4. The number of hydrogen-bond acceptors (Lipinski definition) is 3. The molecule has 0 saturated heterocycles. The molecular formula is C20H24N2O3. The van der Waals surface area contributed by atoms with E-state index in [0.29, 0.717) is 17.1 Å². The van der Waals surface area contributed by atoms with Gasteiger partial charge in [0.2, 0.25) is 5.91 Å². The van der Waals surface area contributed by atoms with Crippen LogP contribution in [0, 0.1) is 12.8 Å². The first-order chi connectivity index (χ1) is 11.8. The number of aryl methyl sites for hydroxylation is 1. The SMILES string of the molecule is Cc1cccc(O[C@H](C)C(=O)Nc2ccc(NC(=O)C(C)C)cc2)c1. The molecule has 0 radical (unpaired) electrons. The minimum absolute atomic E-state index is 0.0445. The lowest BCUT2D eigenvalue weighted by Crippen LogP contribution is -2.30. The number of benzene rings is 2. The Balaban J connectivity index is 1.92. The van der Waals surface area contributed by atoms with Crippen LogP contribution in [-0.4, -0.2) is 17.9 Å². The van der Waals surface area contributed by atoms with Crippen LogP contribution in [0.25, 0.3) is 0 Å². The molecule has 5 nitrogen and oxygen atoms in total. The minimum atomic E-state index is -0.623. The zero-order valence-corrected chi connectivity index (χ0v) is 15.0. The van der Waals surface area contributed by atoms with E-state index in [-0.39, 0.29) is 17.7 Å². The van der Waals surface area contributed by atoms with Crippen molar-refractivity contribution in [1.29, 1.82) is 0 Å². The van der Waals surface area contributed by atoms with Gasteiger partial charge in [0, 0.05) is 17.3 Å². The van der Waals surface area contributed by atoms with Gasteiger partial charge in [-0.25, -0.2) is 0 Å². The van der Waals surface area contributed by atoms with Gasteiger partial charge in [-0.15, -0.1) is 0 Å². The summed E-state index contributed by atoms with van der Waals surface area (Å²) in [4.78, 5) is 23.9. The van der Waals surface area contributed by atoms with Crippen molar-refractivity contribution < 1.29 is 14.3 Å². The Morgan fingerprint density at radius 2 is 1.44 bits per heavy atom. The predicted molar refractivity (Wildman–Crippen MR) is 99.8 cm³/mol. The molecule has 25 heavy (non-hydrogen) atoms. The molecular weight excluding hydrogens is 316 g/mol. The van der Waals surface area contributed by atoms with Crippen molar-refractivity contribution in [3.05, 3.63) is 54.1 Å². The lowest BCUT2D eigenvalue weighted by molar-refractivity contribution is -0.122. The molecule has 0 heterocycles. The van der Waals surface area contributed by atoms with E-state index in [1.165, 1.54) is 0 Å². The predicted octanol–water partition coefficient (Wildman–Crippen LogP) is 4.00. The molecule has 0 saturated carbocycles. The quantitative estimate of drug-likeness (QED) is 0.835. The highest BCUT2D eigenvalue weighted by molar-refractivity contribution is 5.95. The van der Waals surface area contributed by atoms with Crippen LogP contribution in [-0.2, 0) is 9.59 Å². The number of nitrogens with one attached hydrogen (secondary N) is 2. The normalized spacial score (nSPS) is 11.7. The van der Waals surface area contributed by atoms with E-state index < -0.39 is 6.10 Å². The van der Waals surface area contributed by atoms with Crippen LogP contribution >= 0.6 is 0 Å². The standard InChI is InChI=1S/C20H24N2O3/c1-13(2)19(23)21-16-8-10-17(11-9-16)22-20(24)15(4)25-18-7-5-6-14(3)12-18/h5-13,15H,1-4H3,(H,21,23)(H,22,24)/t15-/m1/s1. The molecule has 0 unspecified atom stereocenters. The number of carbonyl (C=O) groups is 2. The first kappa shape index (κ1) is 18.5. The van der Waals surface area contributed by atoms with Crippen molar-refractivity contribution in [2.24, 2.45) is 5.92 Å². The maximum Gasteiger partial charge on any atom is 0.265 e. The van der Waals surface area contributed by atoms with Crippen LogP contribution in [0.2, 0.25) is 0 Å². The van der Waals surface area contributed by atoms with Gasteiger partial charge in [0.05, 0.1) is 0 Å². The molecule has 2 aromatic rings. The largest absolute Gasteiger partial charge is 0.481 e. The fraction of sp³-hybridized carbons (Fsp3) is 0.300. The smallest absolute Gasteiger partial charge is 0.265 e. The van der Waals surface area contributed by atoms with Crippen molar-refractivity contribution in [2.75, 3.05) is 10.6 Å². The number of hydrogen-bond donors (Lipinski definition) is 2. The average Bonchev–Trinajstić information content (AvgIpc) is 2.56. The van der Waals surface area contributed by atoms with Crippen LogP contribution in [0.4, 0.5) is 11.4 Å². The van der Waals surface area contributed by atoms with Gasteiger partial charge in [-0.05, 0) is 55.8 Å². The number of amides is 2. The van der Waals surface area contributed by atoms with Crippen molar-refractivity contribution in [3.63, 3.8) is 0 Å². The summed E-state index contributed by atoms with van der Waals surface area (Å²) in [6.07, 6.45) is -0.623. The Morgan fingerprint density at radius 3 is 1.96 bits per heavy atom. The highest BCUT2D eigenvalue weighted by Gasteiger charge is 2.15. The molecule has 2 rings (SSSR count). The maximum absolute atomic E-state index is 12.2. The molecule has 0 aliphatic carbocycles. The number of anilines is 2.